The second kappa shape index (κ2) is 20.8. The Balaban J connectivity index is 1.76. The number of piperidine rings is 1. The van der Waals surface area contributed by atoms with Gasteiger partial charge in [-0.2, -0.15) is 0 Å². The van der Waals surface area contributed by atoms with Crippen LogP contribution in [0.1, 0.15) is 112 Å². The van der Waals surface area contributed by atoms with Gasteiger partial charge in [-0.25, -0.2) is 4.79 Å². The van der Waals surface area contributed by atoms with Gasteiger partial charge < -0.3 is 39.2 Å². The van der Waals surface area contributed by atoms with Gasteiger partial charge in [0, 0.05) is 51.5 Å². The molecule has 56 heavy (non-hydrogen) atoms. The molecule has 3 N–H and O–H groups in total. The van der Waals surface area contributed by atoms with Crippen molar-refractivity contribution in [1.29, 1.82) is 0 Å². The fourth-order valence-corrected chi connectivity index (χ4v) is 9.41. The normalized spacial score (nSPS) is 40.1. The predicted molar refractivity (Wildman–Crippen MR) is 211 cm³/mol. The molecule has 4 aliphatic rings. The highest BCUT2D eigenvalue weighted by Gasteiger charge is 2.56. The Kier molecular flexibility index (Phi) is 17.1. The molecule has 1 amide bonds. The number of allylic oxidation sites excluding steroid dienone is 4. The Bertz CT molecular complexity index is 1440. The first-order chi connectivity index (χ1) is 26.6. The van der Waals surface area contributed by atoms with Crippen LogP contribution in [0, 0.1) is 35.5 Å². The third kappa shape index (κ3) is 11.0. The second-order valence-electron chi connectivity index (χ2n) is 17.3. The average Bonchev–Trinajstić information content (AvgIpc) is 3.18. The topological polar surface area (TPSA) is 169 Å². The molecule has 0 aromatic heterocycles. The van der Waals surface area contributed by atoms with Gasteiger partial charge in [-0.3, -0.25) is 14.4 Å². The van der Waals surface area contributed by atoms with Crippen molar-refractivity contribution in [3.05, 3.63) is 36.0 Å². The van der Waals surface area contributed by atoms with E-state index in [4.69, 9.17) is 18.9 Å². The number of hydrogen-bond donors (Lipinski definition) is 3. The monoisotopic (exact) mass is 787 g/mol. The van der Waals surface area contributed by atoms with Crippen LogP contribution in [0.4, 0.5) is 0 Å². The number of aliphatic hydroxyl groups excluding tert-OH is 2. The van der Waals surface area contributed by atoms with Gasteiger partial charge in [-0.1, -0.05) is 44.6 Å². The van der Waals surface area contributed by atoms with Crippen LogP contribution in [-0.2, 0) is 38.1 Å². The number of fused-ring (bicyclic) bond motifs is 3. The van der Waals surface area contributed by atoms with Crippen molar-refractivity contribution < 1.29 is 53.4 Å². The van der Waals surface area contributed by atoms with Gasteiger partial charge in [-0.15, -0.1) is 6.58 Å². The number of rotatable bonds is 7. The fraction of sp³-hybridized carbons (Fsp3) is 0.773. The molecule has 0 radical (unpaired) electrons. The maximum atomic E-state index is 14.3. The van der Waals surface area contributed by atoms with Gasteiger partial charge in [0.2, 0.25) is 5.79 Å². The van der Waals surface area contributed by atoms with E-state index in [0.29, 0.717) is 32.1 Å². The van der Waals surface area contributed by atoms with Crippen LogP contribution in [-0.4, -0.2) is 113 Å². The Morgan fingerprint density at radius 1 is 1.00 bits per heavy atom. The highest BCUT2D eigenvalue weighted by molar-refractivity contribution is 6.39. The third-order valence-electron chi connectivity index (χ3n) is 12.9. The van der Waals surface area contributed by atoms with E-state index in [1.165, 1.54) is 19.1 Å². The Labute approximate surface area is 334 Å². The van der Waals surface area contributed by atoms with Gasteiger partial charge in [0.05, 0.1) is 18.3 Å². The second-order valence-corrected chi connectivity index (χ2v) is 17.3. The number of methoxy groups -OCH3 is 2. The molecule has 2 bridgehead atoms. The highest BCUT2D eigenvalue weighted by atomic mass is 16.7. The number of esters is 1. The van der Waals surface area contributed by atoms with Crippen molar-refractivity contribution in [3.63, 3.8) is 0 Å². The van der Waals surface area contributed by atoms with Crippen LogP contribution in [0.25, 0.3) is 0 Å². The molecule has 0 spiro atoms. The van der Waals surface area contributed by atoms with E-state index in [-0.39, 0.29) is 56.0 Å². The Hall–Kier alpha value is -2.74. The van der Waals surface area contributed by atoms with E-state index in [1.54, 1.807) is 19.9 Å². The summed E-state index contributed by atoms with van der Waals surface area (Å²) in [4.78, 5) is 57.7. The summed E-state index contributed by atoms with van der Waals surface area (Å²) in [6.07, 6.45) is 7.98. The van der Waals surface area contributed by atoms with Gasteiger partial charge in [0.1, 0.15) is 24.0 Å². The zero-order valence-corrected chi connectivity index (χ0v) is 34.8. The highest BCUT2D eigenvalue weighted by Crippen LogP contribution is 2.39. The molecule has 0 aromatic carbocycles. The molecule has 12 heteroatoms. The molecule has 2 saturated heterocycles. The van der Waals surface area contributed by atoms with Gasteiger partial charge in [0.25, 0.3) is 11.7 Å². The van der Waals surface area contributed by atoms with E-state index < -0.39 is 77.8 Å². The number of carbonyl (C=O) groups excluding carboxylic acids is 4. The summed E-state index contributed by atoms with van der Waals surface area (Å²) < 4.78 is 24.2. The summed E-state index contributed by atoms with van der Waals surface area (Å²) in [5.41, 5.74) is 1.70. The minimum Gasteiger partial charge on any atom is -0.456 e. The first-order valence-corrected chi connectivity index (χ1v) is 20.9. The molecule has 3 heterocycles. The summed E-state index contributed by atoms with van der Waals surface area (Å²) in [5.74, 6) is -7.11. The summed E-state index contributed by atoms with van der Waals surface area (Å²) in [6, 6.07) is -1.11. The lowest BCUT2D eigenvalue weighted by molar-refractivity contribution is -0.302. The molecule has 12 nitrogen and oxygen atoms in total. The summed E-state index contributed by atoms with van der Waals surface area (Å²) in [5, 5.41) is 33.4. The largest absolute Gasteiger partial charge is 0.456 e. The SMILES string of the molecule is C=CC[C@@H]1/C=C(\C)C[C@H](C)C[C@H](OC)[C@H]2O[C@@](O)(C(=O)C(=O)N3CCCC[C@H]3C(=O)O[C@@H](/C(C)=C/C3CCC(CO)CC3)[C@H](C)[C@@H](O)CC1=O)[C@H](C)C[C@@H]2OC. The number of carbonyl (C=O) groups is 4. The minimum atomic E-state index is -2.49. The van der Waals surface area contributed by atoms with Crippen molar-refractivity contribution >= 4 is 23.4 Å². The van der Waals surface area contributed by atoms with Crippen LogP contribution in [0.3, 0.4) is 0 Å². The van der Waals surface area contributed by atoms with Gasteiger partial charge in [-0.05, 0) is 108 Å². The van der Waals surface area contributed by atoms with Crippen molar-refractivity contribution in [2.24, 2.45) is 35.5 Å². The standard InChI is InChI=1S/C44H69NO11/c1-9-12-33-20-26(2)19-27(3)21-37(53-7)40-38(54-8)23-29(5)44(52,56-40)41(49)42(50)45-18-11-10-13-34(45)43(51)55-39(30(6)35(47)24-36(33)48)28(4)22-31-14-16-32(25-46)17-15-31/h9,20,22,27,29-35,37-40,46-47,52H,1,10-19,21,23-25H2,2-8H3/b26-20+,28-22+/t27-,29+,30+,31?,32?,33+,34-,35-,37-,38-,39-,40+,44+/m0/s1. The number of Topliss-reactive ketones (excluding diaryl/α,β-unsaturated/α-hetero) is 2. The molecule has 3 fully saturated rings. The van der Waals surface area contributed by atoms with E-state index >= 15 is 0 Å². The van der Waals surface area contributed by atoms with E-state index in [9.17, 15) is 34.5 Å². The molecular weight excluding hydrogens is 718 g/mol. The maximum absolute atomic E-state index is 14.3. The first-order valence-electron chi connectivity index (χ1n) is 20.9. The van der Waals surface area contributed by atoms with Crippen LogP contribution >= 0.6 is 0 Å². The molecule has 3 aliphatic heterocycles. The van der Waals surface area contributed by atoms with Crippen LogP contribution in [0.5, 0.6) is 0 Å². The molecule has 4 rings (SSSR count). The molecular formula is C44H69NO11. The summed E-state index contributed by atoms with van der Waals surface area (Å²) in [6.45, 7) is 13.4. The fourth-order valence-electron chi connectivity index (χ4n) is 9.41. The third-order valence-corrected chi connectivity index (χ3v) is 12.9. The van der Waals surface area contributed by atoms with Gasteiger partial charge >= 0.3 is 5.97 Å². The molecule has 11 atom stereocenters. The summed E-state index contributed by atoms with van der Waals surface area (Å²) in [7, 11) is 3.06. The molecule has 1 saturated carbocycles. The van der Waals surface area contributed by atoms with E-state index in [1.807, 2.05) is 26.8 Å². The smallest absolute Gasteiger partial charge is 0.329 e. The van der Waals surface area contributed by atoms with Crippen LogP contribution in [0.2, 0.25) is 0 Å². The number of ketones is 2. The predicted octanol–water partition coefficient (Wildman–Crippen LogP) is 5.26. The number of amides is 1. The molecule has 0 aromatic rings. The Morgan fingerprint density at radius 3 is 2.29 bits per heavy atom. The van der Waals surface area contributed by atoms with E-state index in [2.05, 4.69) is 12.7 Å². The van der Waals surface area contributed by atoms with Crippen molar-refractivity contribution in [2.75, 3.05) is 27.4 Å². The zero-order chi connectivity index (χ0) is 41.3. The Morgan fingerprint density at radius 2 is 1.66 bits per heavy atom. The van der Waals surface area contributed by atoms with Crippen molar-refractivity contribution in [1.82, 2.24) is 4.90 Å². The first kappa shape index (κ1) is 46.0. The van der Waals surface area contributed by atoms with Crippen molar-refractivity contribution in [3.8, 4) is 0 Å². The molecule has 1 aliphatic carbocycles. The number of hydrogen-bond acceptors (Lipinski definition) is 11. The summed E-state index contributed by atoms with van der Waals surface area (Å²) >= 11 is 0. The minimum absolute atomic E-state index is 0.0211. The van der Waals surface area contributed by atoms with Gasteiger partial charge in [0.15, 0.2) is 0 Å². The zero-order valence-electron chi connectivity index (χ0n) is 34.8. The number of ether oxygens (including phenoxy) is 4. The lowest BCUT2D eigenvalue weighted by atomic mass is 9.80. The average molecular weight is 788 g/mol. The quantitative estimate of drug-likeness (QED) is 0.175. The number of aliphatic hydroxyl groups is 3. The lowest BCUT2D eigenvalue weighted by Crippen LogP contribution is -2.64. The van der Waals surface area contributed by atoms with E-state index in [0.717, 1.165) is 36.8 Å². The lowest BCUT2D eigenvalue weighted by Gasteiger charge is -2.47. The molecule has 316 valence electrons. The van der Waals surface area contributed by atoms with Crippen LogP contribution in [0.15, 0.2) is 36.0 Å². The molecule has 0 unspecified atom stereocenters. The maximum Gasteiger partial charge on any atom is 0.329 e. The van der Waals surface area contributed by atoms with Crippen molar-refractivity contribution in [2.45, 2.75) is 154 Å². The van der Waals surface area contributed by atoms with Crippen LogP contribution < -0.4 is 0 Å². The number of nitrogens with zero attached hydrogens (tertiary/aromatic N) is 1. The number of cyclic esters (lactones) is 1.